The molecule has 0 spiro atoms. The maximum absolute atomic E-state index is 5.17. The number of hydrogen-bond acceptors (Lipinski definition) is 2. The predicted molar refractivity (Wildman–Crippen MR) is 55.9 cm³/mol. The number of hydrogen-bond donors (Lipinski definition) is 0. The molecule has 1 aromatic rings. The maximum atomic E-state index is 5.17. The zero-order chi connectivity index (χ0) is 8.27. The van der Waals surface area contributed by atoms with Gasteiger partial charge in [0.2, 0.25) is 0 Å². The summed E-state index contributed by atoms with van der Waals surface area (Å²) >= 11 is 8.64. The maximum Gasteiger partial charge on any atom is 0.0524 e. The van der Waals surface area contributed by atoms with Gasteiger partial charge in [-0.25, -0.2) is 0 Å². The lowest BCUT2D eigenvalue weighted by atomic mass is 10.4. The molecule has 0 saturated heterocycles. The van der Waals surface area contributed by atoms with Crippen LogP contribution in [0.1, 0.15) is 0 Å². The van der Waals surface area contributed by atoms with E-state index in [2.05, 4.69) is 18.6 Å². The van der Waals surface area contributed by atoms with E-state index in [0.29, 0.717) is 0 Å². The monoisotopic (exact) mass is 201 g/mol. The van der Waals surface area contributed by atoms with Crippen molar-refractivity contribution in [3.8, 4) is 0 Å². The van der Waals surface area contributed by atoms with Gasteiger partial charge >= 0.3 is 0 Å². The molecule has 0 aliphatic rings. The summed E-state index contributed by atoms with van der Waals surface area (Å²) in [7, 11) is 0. The van der Waals surface area contributed by atoms with E-state index in [9.17, 15) is 0 Å². The van der Waals surface area contributed by atoms with Crippen molar-refractivity contribution in [2.24, 2.45) is 0 Å². The molecule has 0 aliphatic carbocycles. The van der Waals surface area contributed by atoms with Crippen molar-refractivity contribution in [2.45, 2.75) is 14.7 Å². The van der Waals surface area contributed by atoms with Crippen LogP contribution in [0.25, 0.3) is 0 Å². The number of benzene rings is 1. The van der Waals surface area contributed by atoms with Crippen molar-refractivity contribution < 1.29 is 0 Å². The summed E-state index contributed by atoms with van der Waals surface area (Å²) in [5, 5.41) is 0. The summed E-state index contributed by atoms with van der Waals surface area (Å²) in [5.41, 5.74) is 0. The lowest BCUT2D eigenvalue weighted by molar-refractivity contribution is 1.13. The van der Waals surface area contributed by atoms with Gasteiger partial charge in [-0.1, -0.05) is 18.7 Å². The van der Waals surface area contributed by atoms with E-state index in [1.165, 1.54) is 9.79 Å². The molecule has 0 atom stereocenters. The Balaban J connectivity index is 3.13. The van der Waals surface area contributed by atoms with Gasteiger partial charge in [0.1, 0.15) is 0 Å². The minimum atomic E-state index is 0.962. The topological polar surface area (TPSA) is 0 Å². The molecule has 0 unspecified atom stereocenters. The minimum absolute atomic E-state index is 0.962. The second-order valence-corrected chi connectivity index (χ2v) is 4.10. The van der Waals surface area contributed by atoms with Crippen LogP contribution in [-0.4, -0.2) is 12.5 Å². The van der Waals surface area contributed by atoms with Gasteiger partial charge in [0.25, 0.3) is 0 Å². The van der Waals surface area contributed by atoms with E-state index in [4.69, 9.17) is 12.6 Å². The summed E-state index contributed by atoms with van der Waals surface area (Å²) in [5.74, 6) is 0. The van der Waals surface area contributed by atoms with Gasteiger partial charge in [-0.05, 0) is 24.6 Å². The molecule has 0 heterocycles. The third kappa shape index (κ3) is 2.04. The van der Waals surface area contributed by atoms with Crippen LogP contribution in [0, 0.1) is 0 Å². The van der Waals surface area contributed by atoms with Crippen LogP contribution in [-0.2, 0) is 0 Å². The molecule has 0 aliphatic heterocycles. The van der Waals surface area contributed by atoms with Gasteiger partial charge in [-0.3, -0.25) is 0 Å². The highest BCUT2D eigenvalue weighted by atomic mass is 32.2. The molecule has 0 N–H and O–H groups in total. The Morgan fingerprint density at radius 1 is 1.18 bits per heavy atom. The van der Waals surface area contributed by atoms with E-state index in [-0.39, 0.29) is 0 Å². The van der Waals surface area contributed by atoms with Gasteiger partial charge in [0.15, 0.2) is 0 Å². The Morgan fingerprint density at radius 2 is 1.91 bits per heavy atom. The highest BCUT2D eigenvalue weighted by molar-refractivity contribution is 8.01. The van der Waals surface area contributed by atoms with Crippen molar-refractivity contribution in [3.05, 3.63) is 18.2 Å². The summed E-state index contributed by atoms with van der Waals surface area (Å²) < 4.78 is 0. The molecular formula is C8H9S3. The molecule has 1 aromatic carbocycles. The molecule has 1 rings (SSSR count). The van der Waals surface area contributed by atoms with Crippen molar-refractivity contribution in [1.29, 1.82) is 0 Å². The smallest absolute Gasteiger partial charge is 0.0524 e. The second kappa shape index (κ2) is 4.24. The predicted octanol–water partition coefficient (Wildman–Crippen LogP) is 3.69. The van der Waals surface area contributed by atoms with E-state index >= 15 is 0 Å². The lowest BCUT2D eigenvalue weighted by Gasteiger charge is -2.04. The fourth-order valence-electron chi connectivity index (χ4n) is 0.858. The minimum Gasteiger partial charge on any atom is -0.128 e. The third-order valence-electron chi connectivity index (χ3n) is 1.37. The Labute approximate surface area is 81.6 Å². The molecule has 0 saturated carbocycles. The Bertz CT molecular complexity index is 245. The highest BCUT2D eigenvalue weighted by Crippen LogP contribution is 2.32. The summed E-state index contributed by atoms with van der Waals surface area (Å²) in [6.07, 6.45) is 4.13. The van der Waals surface area contributed by atoms with Crippen molar-refractivity contribution in [2.75, 3.05) is 12.5 Å². The largest absolute Gasteiger partial charge is 0.128 e. The first-order valence-electron chi connectivity index (χ1n) is 3.17. The van der Waals surface area contributed by atoms with E-state index in [1.807, 2.05) is 12.1 Å². The molecule has 0 amide bonds. The van der Waals surface area contributed by atoms with Crippen LogP contribution in [0.5, 0.6) is 0 Å². The van der Waals surface area contributed by atoms with Crippen molar-refractivity contribution >= 4 is 36.2 Å². The molecule has 11 heavy (non-hydrogen) atoms. The number of rotatable bonds is 2. The average molecular weight is 201 g/mol. The van der Waals surface area contributed by atoms with Gasteiger partial charge in [-0.15, -0.1) is 23.5 Å². The zero-order valence-corrected chi connectivity index (χ0v) is 8.91. The van der Waals surface area contributed by atoms with Crippen LogP contribution in [0.4, 0.5) is 0 Å². The normalized spacial score (nSPS) is 10.0. The van der Waals surface area contributed by atoms with Gasteiger partial charge in [-0.2, -0.15) is 0 Å². The van der Waals surface area contributed by atoms with Crippen molar-refractivity contribution in [3.63, 3.8) is 0 Å². The summed E-state index contributed by atoms with van der Waals surface area (Å²) in [4.78, 5) is 3.48. The molecule has 1 radical (unpaired) electrons. The summed E-state index contributed by atoms with van der Waals surface area (Å²) in [6.45, 7) is 0. The fraction of sp³-hybridized carbons (Fsp3) is 0.250. The van der Waals surface area contributed by atoms with E-state index < -0.39 is 0 Å². The second-order valence-electron chi connectivity index (χ2n) is 1.99. The first kappa shape index (κ1) is 9.23. The quantitative estimate of drug-likeness (QED) is 0.669. The molecule has 0 nitrogen and oxygen atoms in total. The third-order valence-corrected chi connectivity index (χ3v) is 3.59. The summed E-state index contributed by atoms with van der Waals surface area (Å²) in [6, 6.07) is 6.08. The Kier molecular flexibility index (Phi) is 3.55. The first-order chi connectivity index (χ1) is 5.29. The molecule has 0 bridgehead atoms. The lowest BCUT2D eigenvalue weighted by Crippen LogP contribution is -1.78. The fourth-order valence-corrected chi connectivity index (χ4v) is 2.91. The SMILES string of the molecule is CSc1cccc([S])c1SC. The van der Waals surface area contributed by atoms with E-state index in [0.717, 1.165) is 4.90 Å². The van der Waals surface area contributed by atoms with Gasteiger partial charge < -0.3 is 0 Å². The average Bonchev–Trinajstić information content (AvgIpc) is 2.04. The first-order valence-corrected chi connectivity index (χ1v) is 6.03. The van der Waals surface area contributed by atoms with Crippen molar-refractivity contribution in [1.82, 2.24) is 0 Å². The Morgan fingerprint density at radius 3 is 2.36 bits per heavy atom. The number of thioether (sulfide) groups is 2. The van der Waals surface area contributed by atoms with Gasteiger partial charge in [0.05, 0.1) is 4.90 Å². The molecule has 59 valence electrons. The van der Waals surface area contributed by atoms with Crippen LogP contribution in [0.3, 0.4) is 0 Å². The Hall–Kier alpha value is 0.140. The zero-order valence-electron chi connectivity index (χ0n) is 6.46. The van der Waals surface area contributed by atoms with E-state index in [1.54, 1.807) is 23.5 Å². The molecule has 0 aromatic heterocycles. The molecule has 0 fully saturated rings. The van der Waals surface area contributed by atoms with Gasteiger partial charge in [0, 0.05) is 9.79 Å². The highest BCUT2D eigenvalue weighted by Gasteiger charge is 2.02. The van der Waals surface area contributed by atoms with Crippen LogP contribution in [0.2, 0.25) is 0 Å². The van der Waals surface area contributed by atoms with Crippen LogP contribution < -0.4 is 0 Å². The van der Waals surface area contributed by atoms with Crippen LogP contribution in [0.15, 0.2) is 32.9 Å². The standard InChI is InChI=1S/C8H9S3/c1-10-7-5-3-4-6(9)8(7)11-2/h3-5H,1-2H3. The molecular weight excluding hydrogens is 192 g/mol. The molecule has 3 heteroatoms. The van der Waals surface area contributed by atoms with Crippen LogP contribution >= 0.6 is 36.2 Å².